The van der Waals surface area contributed by atoms with E-state index in [-0.39, 0.29) is 5.44 Å². The lowest BCUT2D eigenvalue weighted by Gasteiger charge is -2.02. The molecular weight excluding hydrogens is 128 g/mol. The molecule has 0 aliphatic heterocycles. The first-order valence-corrected chi connectivity index (χ1v) is 3.36. The molecule has 0 bridgehead atoms. The van der Waals surface area contributed by atoms with Crippen LogP contribution in [0.15, 0.2) is 0 Å². The van der Waals surface area contributed by atoms with Gasteiger partial charge in [0.25, 0.3) is 0 Å². The maximum Gasteiger partial charge on any atom is 0.551 e. The van der Waals surface area contributed by atoms with Gasteiger partial charge in [0.1, 0.15) is 5.44 Å². The molecule has 0 N–H and O–H groups in total. The van der Waals surface area contributed by atoms with E-state index < -0.39 is 6.16 Å². The van der Waals surface area contributed by atoms with E-state index in [2.05, 4.69) is 4.74 Å². The van der Waals surface area contributed by atoms with Crippen LogP contribution in [-0.4, -0.2) is 17.8 Å². The lowest BCUT2D eigenvalue weighted by molar-refractivity contribution is 0.0636. The Labute approximate surface area is 52.0 Å². The van der Waals surface area contributed by atoms with Crippen molar-refractivity contribution in [3.63, 3.8) is 0 Å². The van der Waals surface area contributed by atoms with Crippen LogP contribution in [0.1, 0.15) is 6.92 Å². The molecule has 0 aromatic rings. The normalized spacial score (nSPS) is 12.8. The highest BCUT2D eigenvalue weighted by Crippen LogP contribution is 2.05. The maximum atomic E-state index is 9.62. The number of rotatable bonds is 2. The molecule has 0 aromatic carbocycles. The molecule has 0 heterocycles. The Bertz CT molecular complexity index is 83.4. The van der Waals surface area contributed by atoms with Gasteiger partial charge in [0.2, 0.25) is 0 Å². The van der Waals surface area contributed by atoms with Gasteiger partial charge in [0.15, 0.2) is 0 Å². The number of carbonyl (C=O) groups excluding carboxylic acids is 1. The zero-order chi connectivity index (χ0) is 6.57. The van der Waals surface area contributed by atoms with E-state index in [0.717, 1.165) is 0 Å². The first-order chi connectivity index (χ1) is 3.66. The second kappa shape index (κ2) is 3.60. The van der Waals surface area contributed by atoms with E-state index in [1.165, 1.54) is 11.8 Å². The van der Waals surface area contributed by atoms with Crippen LogP contribution < -0.4 is 0 Å². The van der Waals surface area contributed by atoms with Crippen molar-refractivity contribution in [2.24, 2.45) is 0 Å². The monoisotopic (exact) mass is 135 g/mol. The van der Waals surface area contributed by atoms with Crippen LogP contribution in [0.25, 0.3) is 0 Å². The first-order valence-electron chi connectivity index (χ1n) is 2.07. The van der Waals surface area contributed by atoms with E-state index in [9.17, 15) is 9.90 Å². The Morgan fingerprint density at radius 1 is 1.75 bits per heavy atom. The second-order valence-electron chi connectivity index (χ2n) is 1.17. The number of hydrogen-bond acceptors (Lipinski definition) is 3. The van der Waals surface area contributed by atoms with Crippen LogP contribution in [0, 0.1) is 0 Å². The topological polar surface area (TPSA) is 46.2 Å². The van der Waals surface area contributed by atoms with Crippen LogP contribution in [0.2, 0.25) is 0 Å². The van der Waals surface area contributed by atoms with Crippen LogP contribution in [-0.2, 0) is 9.84 Å². The third kappa shape index (κ3) is 3.80. The minimum atomic E-state index is -1.47. The van der Waals surface area contributed by atoms with Crippen molar-refractivity contribution >= 4 is 17.9 Å². The highest BCUT2D eigenvalue weighted by Gasteiger charge is 2.04. The molecule has 47 valence electrons. The molecule has 0 fully saturated rings. The van der Waals surface area contributed by atoms with Gasteiger partial charge < -0.3 is 4.74 Å². The van der Waals surface area contributed by atoms with Gasteiger partial charge in [-0.05, 0) is 13.2 Å². The predicted octanol–water partition coefficient (Wildman–Crippen LogP) is 1.26. The Balaban J connectivity index is 3.24. The van der Waals surface area contributed by atoms with Gasteiger partial charge in [-0.25, -0.2) is 0 Å². The van der Waals surface area contributed by atoms with Gasteiger partial charge in [-0.15, -0.1) is 11.8 Å². The smallest absolute Gasteiger partial charge is 0.418 e. The molecule has 8 heavy (non-hydrogen) atoms. The molecule has 0 amide bonds. The molecule has 0 aromatic heterocycles. The summed E-state index contributed by atoms with van der Waals surface area (Å²) in [6, 6.07) is 0. The zero-order valence-corrected chi connectivity index (χ0v) is 5.53. The minimum Gasteiger partial charge on any atom is -0.418 e. The molecule has 1 radical (unpaired) electrons. The van der Waals surface area contributed by atoms with E-state index in [1.807, 2.05) is 0 Å². The highest BCUT2D eigenvalue weighted by molar-refractivity contribution is 7.99. The summed E-state index contributed by atoms with van der Waals surface area (Å²) in [5.74, 6) is 0. The number of ether oxygens (including phenoxy) is 1. The molecule has 0 aliphatic rings. The molecular formula is C4H7O3S. The van der Waals surface area contributed by atoms with Crippen LogP contribution in [0.5, 0.6) is 0 Å². The summed E-state index contributed by atoms with van der Waals surface area (Å²) < 4.78 is 4.17. The molecule has 1 unspecified atom stereocenters. The third-order valence-corrected chi connectivity index (χ3v) is 1.35. The Morgan fingerprint density at radius 2 is 2.25 bits per heavy atom. The maximum absolute atomic E-state index is 9.62. The Kier molecular flexibility index (Phi) is 3.43. The van der Waals surface area contributed by atoms with Crippen molar-refractivity contribution in [3.8, 4) is 0 Å². The second-order valence-corrected chi connectivity index (χ2v) is 2.31. The Hall–Kier alpha value is -0.380. The average Bonchev–Trinajstić information content (AvgIpc) is 1.65. The Morgan fingerprint density at radius 3 is 2.38 bits per heavy atom. The van der Waals surface area contributed by atoms with Gasteiger partial charge in [-0.3, -0.25) is 0 Å². The molecule has 0 aliphatic carbocycles. The quantitative estimate of drug-likeness (QED) is 0.423. The van der Waals surface area contributed by atoms with Crippen molar-refractivity contribution in [1.29, 1.82) is 0 Å². The standard InChI is InChI=1S/C4H7O3S/c1-3(8-2)7-4(5)6/h3H,1-2H3. The summed E-state index contributed by atoms with van der Waals surface area (Å²) in [4.78, 5) is 9.62. The van der Waals surface area contributed by atoms with Crippen LogP contribution in [0.3, 0.4) is 0 Å². The summed E-state index contributed by atoms with van der Waals surface area (Å²) in [6.45, 7) is 1.64. The van der Waals surface area contributed by atoms with Crippen molar-refractivity contribution in [1.82, 2.24) is 0 Å². The molecule has 0 saturated carbocycles. The highest BCUT2D eigenvalue weighted by atomic mass is 32.2. The summed E-state index contributed by atoms with van der Waals surface area (Å²) in [7, 11) is 0. The van der Waals surface area contributed by atoms with E-state index in [4.69, 9.17) is 0 Å². The summed E-state index contributed by atoms with van der Waals surface area (Å²) >= 11 is 1.31. The molecule has 3 nitrogen and oxygen atoms in total. The summed E-state index contributed by atoms with van der Waals surface area (Å²) in [5, 5.41) is 9.62. The van der Waals surface area contributed by atoms with Gasteiger partial charge >= 0.3 is 6.16 Å². The molecule has 0 rings (SSSR count). The van der Waals surface area contributed by atoms with Crippen molar-refractivity contribution in [3.05, 3.63) is 0 Å². The minimum absolute atomic E-state index is 0.319. The summed E-state index contributed by atoms with van der Waals surface area (Å²) in [5.41, 5.74) is -0.319. The molecule has 0 spiro atoms. The molecule has 1 atom stereocenters. The van der Waals surface area contributed by atoms with Gasteiger partial charge in [0, 0.05) is 0 Å². The SMILES string of the molecule is CSC(C)OC([O])=O. The number of thioether (sulfide) groups is 1. The molecule has 4 heteroatoms. The third-order valence-electron chi connectivity index (χ3n) is 0.594. The first kappa shape index (κ1) is 7.62. The lowest BCUT2D eigenvalue weighted by atomic mass is 10.9. The van der Waals surface area contributed by atoms with E-state index in [0.29, 0.717) is 0 Å². The van der Waals surface area contributed by atoms with Crippen molar-refractivity contribution < 1.29 is 14.6 Å². The zero-order valence-electron chi connectivity index (χ0n) is 4.71. The van der Waals surface area contributed by atoms with Crippen LogP contribution in [0.4, 0.5) is 4.79 Å². The van der Waals surface area contributed by atoms with E-state index >= 15 is 0 Å². The van der Waals surface area contributed by atoms with E-state index in [1.54, 1.807) is 13.2 Å². The largest absolute Gasteiger partial charge is 0.551 e. The lowest BCUT2D eigenvalue weighted by Crippen LogP contribution is -2.06. The number of hydrogen-bond donors (Lipinski definition) is 0. The van der Waals surface area contributed by atoms with Crippen LogP contribution >= 0.6 is 11.8 Å². The van der Waals surface area contributed by atoms with Gasteiger partial charge in [0.05, 0.1) is 0 Å². The average molecular weight is 135 g/mol. The van der Waals surface area contributed by atoms with Crippen molar-refractivity contribution in [2.45, 2.75) is 12.4 Å². The predicted molar refractivity (Wildman–Crippen MR) is 30.1 cm³/mol. The fourth-order valence-corrected chi connectivity index (χ4v) is 0.358. The summed E-state index contributed by atoms with van der Waals surface area (Å²) in [6.07, 6.45) is 0.292. The fraction of sp³-hybridized carbons (Fsp3) is 0.750. The fourth-order valence-electron chi connectivity index (χ4n) is 0.184. The van der Waals surface area contributed by atoms with Gasteiger partial charge in [-0.1, -0.05) is 0 Å². The van der Waals surface area contributed by atoms with Crippen molar-refractivity contribution in [2.75, 3.05) is 6.26 Å². The number of carbonyl (C=O) groups is 1. The molecule has 0 saturated heterocycles. The van der Waals surface area contributed by atoms with Gasteiger partial charge in [-0.2, -0.15) is 9.90 Å².